The predicted octanol–water partition coefficient (Wildman–Crippen LogP) is 2.97. The Hall–Kier alpha value is -3.93. The van der Waals surface area contributed by atoms with Crippen LogP contribution in [-0.2, 0) is 14.4 Å². The zero-order chi connectivity index (χ0) is 26.0. The number of thiazole rings is 1. The van der Waals surface area contributed by atoms with Crippen molar-refractivity contribution in [2.24, 2.45) is 10.6 Å². The first-order valence-electron chi connectivity index (χ1n) is 11.9. The minimum Gasteiger partial charge on any atom is -0.493 e. The number of nitrogens with one attached hydrogen (secondary N) is 1. The first-order chi connectivity index (χ1) is 18.0. The maximum absolute atomic E-state index is 13.3. The van der Waals surface area contributed by atoms with Crippen LogP contribution in [-0.4, -0.2) is 79.1 Å². The molecule has 3 aromatic rings. The molecular weight excluding hydrogens is 498 g/mol. The molecule has 1 aromatic carbocycles. The Labute approximate surface area is 217 Å². The van der Waals surface area contributed by atoms with Crippen molar-refractivity contribution in [2.45, 2.75) is 19.3 Å². The molecule has 4 heterocycles. The van der Waals surface area contributed by atoms with Crippen LogP contribution >= 0.6 is 11.3 Å². The van der Waals surface area contributed by atoms with Crippen LogP contribution in [0.4, 0.5) is 5.13 Å². The quantitative estimate of drug-likeness (QED) is 0.285. The molecule has 12 heteroatoms. The second-order valence-corrected chi connectivity index (χ2v) is 10.0. The molecule has 0 atom stereocenters. The molecule has 1 spiro atoms. The zero-order valence-corrected chi connectivity index (χ0v) is 21.4. The van der Waals surface area contributed by atoms with Gasteiger partial charge in [-0.25, -0.2) is 4.98 Å². The number of carbonyl (C=O) groups excluding carboxylic acids is 3. The number of rotatable bonds is 7. The lowest BCUT2D eigenvalue weighted by atomic mass is 9.77. The summed E-state index contributed by atoms with van der Waals surface area (Å²) in [4.78, 5) is 50.0. The van der Waals surface area contributed by atoms with Gasteiger partial charge in [0.15, 0.2) is 27.9 Å². The lowest BCUT2D eigenvalue weighted by Crippen LogP contribution is -2.45. The summed E-state index contributed by atoms with van der Waals surface area (Å²) < 4.78 is 11.2. The van der Waals surface area contributed by atoms with E-state index in [1.807, 2.05) is 17.0 Å². The topological polar surface area (TPSA) is 127 Å². The normalized spacial score (nSPS) is 17.3. The van der Waals surface area contributed by atoms with Gasteiger partial charge in [-0.3, -0.25) is 14.4 Å². The summed E-state index contributed by atoms with van der Waals surface area (Å²) >= 11 is 1.20. The van der Waals surface area contributed by atoms with E-state index < -0.39 is 0 Å². The van der Waals surface area contributed by atoms with Crippen molar-refractivity contribution in [1.82, 2.24) is 14.8 Å². The fraction of sp³-hybridized carbons (Fsp3) is 0.400. The predicted molar refractivity (Wildman–Crippen MR) is 137 cm³/mol. The van der Waals surface area contributed by atoms with Gasteiger partial charge < -0.3 is 29.1 Å². The van der Waals surface area contributed by atoms with Gasteiger partial charge in [-0.2, -0.15) is 0 Å². The molecule has 5 rings (SSSR count). The summed E-state index contributed by atoms with van der Waals surface area (Å²) in [6.45, 7) is 2.33. The first-order valence-corrected chi connectivity index (χ1v) is 12.8. The Morgan fingerprint density at radius 1 is 1.19 bits per heavy atom. The average molecular weight is 526 g/mol. The Balaban J connectivity index is 1.23. The van der Waals surface area contributed by atoms with Crippen molar-refractivity contribution in [3.8, 4) is 5.75 Å². The van der Waals surface area contributed by atoms with E-state index in [-0.39, 0.29) is 22.9 Å². The summed E-state index contributed by atoms with van der Waals surface area (Å²) in [6, 6.07) is 7.31. The van der Waals surface area contributed by atoms with E-state index in [0.29, 0.717) is 60.5 Å². The number of para-hydroxylation sites is 1. The van der Waals surface area contributed by atoms with Gasteiger partial charge in [0.1, 0.15) is 12.8 Å². The number of amides is 3. The lowest BCUT2D eigenvalue weighted by Gasteiger charge is -2.38. The number of fused-ring (bicyclic) bond motifs is 1. The molecule has 1 N–H and O–H groups in total. The van der Waals surface area contributed by atoms with Crippen LogP contribution in [0.2, 0.25) is 0 Å². The maximum Gasteiger partial charge on any atom is 0.289 e. The number of oxime groups is 1. The van der Waals surface area contributed by atoms with Crippen molar-refractivity contribution in [3.63, 3.8) is 0 Å². The average Bonchev–Trinajstić information content (AvgIpc) is 3.66. The van der Waals surface area contributed by atoms with Crippen LogP contribution in [0.1, 0.15) is 35.5 Å². The van der Waals surface area contributed by atoms with Crippen molar-refractivity contribution < 1.29 is 28.4 Å². The number of hydrogen-bond donors (Lipinski definition) is 1. The van der Waals surface area contributed by atoms with Gasteiger partial charge in [-0.15, -0.1) is 11.3 Å². The van der Waals surface area contributed by atoms with Gasteiger partial charge in [-0.1, -0.05) is 17.3 Å². The summed E-state index contributed by atoms with van der Waals surface area (Å²) in [5.74, 6) is 0.481. The minimum absolute atomic E-state index is 0.0615. The van der Waals surface area contributed by atoms with Crippen LogP contribution in [0.3, 0.4) is 0 Å². The number of likely N-dealkylation sites (tertiary alicyclic amines) is 2. The van der Waals surface area contributed by atoms with Crippen LogP contribution in [0.25, 0.3) is 11.0 Å². The molecule has 3 amide bonds. The number of benzene rings is 1. The van der Waals surface area contributed by atoms with Crippen LogP contribution in [0.5, 0.6) is 5.75 Å². The van der Waals surface area contributed by atoms with Gasteiger partial charge >= 0.3 is 0 Å². The second-order valence-electron chi connectivity index (χ2n) is 9.18. The molecule has 0 saturated carbocycles. The highest BCUT2D eigenvalue weighted by molar-refractivity contribution is 7.14. The molecule has 0 radical (unpaired) electrons. The molecule has 0 unspecified atom stereocenters. The zero-order valence-electron chi connectivity index (χ0n) is 20.6. The molecule has 2 aromatic heterocycles. The highest BCUT2D eigenvalue weighted by Gasteiger charge is 2.44. The molecule has 0 bridgehead atoms. The van der Waals surface area contributed by atoms with Gasteiger partial charge in [0.2, 0.25) is 6.41 Å². The van der Waals surface area contributed by atoms with Gasteiger partial charge in [0.25, 0.3) is 11.8 Å². The number of nitrogens with zero attached hydrogens (tertiary/aromatic N) is 4. The molecule has 2 saturated heterocycles. The molecular formula is C25H27N5O6S. The van der Waals surface area contributed by atoms with Crippen molar-refractivity contribution in [1.29, 1.82) is 0 Å². The molecule has 37 heavy (non-hydrogen) atoms. The Kier molecular flexibility index (Phi) is 6.83. The molecule has 194 valence electrons. The number of anilines is 1. The highest BCUT2D eigenvalue weighted by atomic mass is 32.1. The molecule has 2 fully saturated rings. The Bertz CT molecular complexity index is 1360. The third kappa shape index (κ3) is 4.76. The van der Waals surface area contributed by atoms with E-state index >= 15 is 0 Å². The third-order valence-electron chi connectivity index (χ3n) is 7.09. The second kappa shape index (κ2) is 10.2. The molecule has 2 aliphatic rings. The maximum atomic E-state index is 13.3. The van der Waals surface area contributed by atoms with Crippen molar-refractivity contribution in [3.05, 3.63) is 41.1 Å². The summed E-state index contributed by atoms with van der Waals surface area (Å²) in [6.07, 6.45) is 2.95. The highest BCUT2D eigenvalue weighted by Crippen LogP contribution is 2.41. The van der Waals surface area contributed by atoms with Crippen molar-refractivity contribution >= 4 is 51.4 Å². The number of methoxy groups -OCH3 is 1. The summed E-state index contributed by atoms with van der Waals surface area (Å²) in [5, 5.41) is 9.26. The lowest BCUT2D eigenvalue weighted by molar-refractivity contribution is -0.123. The Morgan fingerprint density at radius 2 is 1.95 bits per heavy atom. The van der Waals surface area contributed by atoms with E-state index in [2.05, 4.69) is 15.5 Å². The van der Waals surface area contributed by atoms with Crippen LogP contribution < -0.4 is 10.1 Å². The first kappa shape index (κ1) is 24.8. The van der Waals surface area contributed by atoms with E-state index in [4.69, 9.17) is 14.0 Å². The molecule has 11 nitrogen and oxygen atoms in total. The van der Waals surface area contributed by atoms with E-state index in [0.717, 1.165) is 24.6 Å². The van der Waals surface area contributed by atoms with E-state index in [1.54, 1.807) is 29.5 Å². The standard InChI is InChI=1S/C25H27N5O6S/c1-34-18-5-3-4-16-12-19(36-21(16)18)22(32)29-9-6-25(7-10-29)8-11-30(14-25)23(33)20(28-35-2)17-13-37-24(27-17)26-15-31/h3-5,12-13,15H,6-11,14H2,1-2H3,(H,26,27,31)/b28-20+. The van der Waals surface area contributed by atoms with Crippen LogP contribution in [0.15, 0.2) is 39.2 Å². The minimum atomic E-state index is -0.267. The fourth-order valence-corrected chi connectivity index (χ4v) is 5.75. The van der Waals surface area contributed by atoms with Crippen molar-refractivity contribution in [2.75, 3.05) is 45.7 Å². The monoisotopic (exact) mass is 525 g/mol. The molecule has 2 aliphatic heterocycles. The summed E-state index contributed by atoms with van der Waals surface area (Å²) in [5.41, 5.74) is 0.954. The SMILES string of the molecule is CO/N=C(/C(=O)N1CCC2(CCN(C(=O)c3cc4cccc(OC)c4o3)CC2)C1)c1csc(NC=O)n1. The number of piperidine rings is 1. The van der Waals surface area contributed by atoms with E-state index in [9.17, 15) is 14.4 Å². The van der Waals surface area contributed by atoms with Gasteiger partial charge in [-0.05, 0) is 36.8 Å². The van der Waals surface area contributed by atoms with Gasteiger partial charge in [0.05, 0.1) is 7.11 Å². The largest absolute Gasteiger partial charge is 0.493 e. The number of furan rings is 1. The van der Waals surface area contributed by atoms with E-state index in [1.165, 1.54) is 18.4 Å². The third-order valence-corrected chi connectivity index (χ3v) is 7.86. The smallest absolute Gasteiger partial charge is 0.289 e. The summed E-state index contributed by atoms with van der Waals surface area (Å²) in [7, 11) is 2.95. The number of ether oxygens (including phenoxy) is 1. The molecule has 0 aliphatic carbocycles. The Morgan fingerprint density at radius 3 is 2.65 bits per heavy atom. The number of aromatic nitrogens is 1. The number of carbonyl (C=O) groups is 3. The number of hydrogen-bond acceptors (Lipinski definition) is 9. The van der Waals surface area contributed by atoms with Crippen LogP contribution in [0, 0.1) is 5.41 Å². The fourth-order valence-electron chi connectivity index (χ4n) is 5.09. The van der Waals surface area contributed by atoms with Gasteiger partial charge in [0, 0.05) is 36.9 Å².